The number of anilines is 3. The molecule has 3 aliphatic rings. The van der Waals surface area contributed by atoms with Gasteiger partial charge in [0, 0.05) is 19.5 Å². The van der Waals surface area contributed by atoms with Crippen LogP contribution in [0, 0.1) is 0 Å². The van der Waals surface area contributed by atoms with E-state index in [0.717, 1.165) is 0 Å². The summed E-state index contributed by atoms with van der Waals surface area (Å²) in [7, 11) is 0. The zero-order valence-corrected chi connectivity index (χ0v) is 18.4. The SMILES string of the molecule is O=C(NC1CC1(F)F)c1ccc2c(n1)N(C(=O)Nc1cnc(OC[C@H](O)CO)cn1)C1CCN2C1. The van der Waals surface area contributed by atoms with E-state index in [-0.39, 0.29) is 35.9 Å². The van der Waals surface area contributed by atoms with Gasteiger partial charge in [-0.2, -0.15) is 0 Å². The highest BCUT2D eigenvalue weighted by Gasteiger charge is 2.58. The molecule has 3 amide bonds. The molecular weight excluding hydrogens is 468 g/mol. The molecule has 0 spiro atoms. The number of carbonyl (C=O) groups is 2. The van der Waals surface area contributed by atoms with Crippen molar-refractivity contribution in [1.29, 1.82) is 0 Å². The zero-order valence-electron chi connectivity index (χ0n) is 18.4. The standard InChI is InChI=1S/C21H23F2N7O5/c22-21(23)5-15(21)27-19(33)13-1-2-14-18(26-13)30(11-3-4-29(14)8-11)20(34)28-16-6-25-17(7-24-16)35-10-12(32)9-31/h1-2,6-7,11-12,15,31-32H,3-5,8-10H2,(H,27,33)(H,24,28,34)/t11?,12-,15?/m1/s1. The van der Waals surface area contributed by atoms with Crippen molar-refractivity contribution < 1.29 is 33.3 Å². The summed E-state index contributed by atoms with van der Waals surface area (Å²) in [6.45, 7) is 0.670. The monoisotopic (exact) mass is 491 g/mol. The molecule has 2 aliphatic heterocycles. The molecule has 2 aromatic heterocycles. The maximum absolute atomic E-state index is 13.2. The first-order valence-corrected chi connectivity index (χ1v) is 11.0. The smallest absolute Gasteiger partial charge is 0.329 e. The lowest BCUT2D eigenvalue weighted by atomic mass is 10.1. The number of hydrogen-bond donors (Lipinski definition) is 4. The molecule has 14 heteroatoms. The third-order valence-corrected chi connectivity index (χ3v) is 6.03. The molecule has 0 aromatic carbocycles. The summed E-state index contributed by atoms with van der Waals surface area (Å²) in [6.07, 6.45) is 1.76. The third-order valence-electron chi connectivity index (χ3n) is 6.03. The number of halogens is 2. The predicted molar refractivity (Wildman–Crippen MR) is 118 cm³/mol. The number of pyridine rings is 1. The number of amides is 3. The fraction of sp³-hybridized carbons (Fsp3) is 0.476. The normalized spacial score (nSPS) is 22.3. The van der Waals surface area contributed by atoms with Gasteiger partial charge >= 0.3 is 6.03 Å². The second-order valence-corrected chi connectivity index (χ2v) is 8.61. The van der Waals surface area contributed by atoms with Gasteiger partial charge in [0.2, 0.25) is 5.88 Å². The van der Waals surface area contributed by atoms with E-state index >= 15 is 0 Å². The lowest BCUT2D eigenvalue weighted by molar-refractivity contribution is 0.0520. The van der Waals surface area contributed by atoms with Gasteiger partial charge in [-0.05, 0) is 18.6 Å². The summed E-state index contributed by atoms with van der Waals surface area (Å²) in [5.41, 5.74) is 0.609. The minimum atomic E-state index is -2.90. The van der Waals surface area contributed by atoms with Crippen LogP contribution in [0.5, 0.6) is 5.88 Å². The number of fused-ring (bicyclic) bond motifs is 4. The summed E-state index contributed by atoms with van der Waals surface area (Å²) < 4.78 is 31.6. The van der Waals surface area contributed by atoms with Gasteiger partial charge < -0.3 is 25.2 Å². The van der Waals surface area contributed by atoms with Crippen LogP contribution in [0.2, 0.25) is 0 Å². The summed E-state index contributed by atoms with van der Waals surface area (Å²) >= 11 is 0. The van der Waals surface area contributed by atoms with Crippen molar-refractivity contribution in [3.8, 4) is 5.88 Å². The molecule has 35 heavy (non-hydrogen) atoms. The van der Waals surface area contributed by atoms with Gasteiger partial charge in [-0.1, -0.05) is 0 Å². The van der Waals surface area contributed by atoms with Crippen molar-refractivity contribution in [3.63, 3.8) is 0 Å². The van der Waals surface area contributed by atoms with Gasteiger partial charge in [-0.3, -0.25) is 15.0 Å². The number of rotatable bonds is 7. The molecular formula is C21H23F2N7O5. The quantitative estimate of drug-likeness (QED) is 0.430. The molecule has 5 rings (SSSR count). The average molecular weight is 491 g/mol. The number of nitrogens with one attached hydrogen (secondary N) is 2. The first kappa shape index (κ1) is 23.1. The number of aliphatic hydroxyl groups excluding tert-OH is 2. The molecule has 4 N–H and O–H groups in total. The molecule has 3 atom stereocenters. The number of alkyl halides is 2. The number of hydrogen-bond acceptors (Lipinski definition) is 9. The van der Waals surface area contributed by atoms with Crippen molar-refractivity contribution in [1.82, 2.24) is 20.3 Å². The molecule has 0 radical (unpaired) electrons. The largest absolute Gasteiger partial charge is 0.474 e. The molecule has 1 aliphatic carbocycles. The van der Waals surface area contributed by atoms with Crippen molar-refractivity contribution >= 4 is 29.3 Å². The number of urea groups is 1. The zero-order chi connectivity index (χ0) is 24.7. The van der Waals surface area contributed by atoms with Crippen LogP contribution in [0.25, 0.3) is 0 Å². The molecule has 2 aromatic rings. The van der Waals surface area contributed by atoms with Gasteiger partial charge in [-0.15, -0.1) is 0 Å². The molecule has 4 heterocycles. The van der Waals surface area contributed by atoms with Crippen molar-refractivity contribution in [3.05, 3.63) is 30.2 Å². The Morgan fingerprint density at radius 1 is 1.29 bits per heavy atom. The van der Waals surface area contributed by atoms with Crippen LogP contribution in [0.4, 0.5) is 30.9 Å². The minimum Gasteiger partial charge on any atom is -0.474 e. The Balaban J connectivity index is 1.32. The first-order chi connectivity index (χ1) is 16.7. The minimum absolute atomic E-state index is 0.0573. The molecule has 2 bridgehead atoms. The number of ether oxygens (including phenoxy) is 1. The Kier molecular flexibility index (Phi) is 5.84. The number of nitrogens with zero attached hydrogens (tertiary/aromatic N) is 5. The summed E-state index contributed by atoms with van der Waals surface area (Å²) in [4.78, 5) is 41.6. The Morgan fingerprint density at radius 3 is 2.77 bits per heavy atom. The van der Waals surface area contributed by atoms with Crippen LogP contribution in [0.1, 0.15) is 23.3 Å². The number of carbonyl (C=O) groups excluding carboxylic acids is 2. The van der Waals surface area contributed by atoms with Crippen LogP contribution in [-0.2, 0) is 0 Å². The van der Waals surface area contributed by atoms with Crippen molar-refractivity contribution in [2.24, 2.45) is 0 Å². The maximum atomic E-state index is 13.2. The van der Waals surface area contributed by atoms with Gasteiger partial charge in [0.1, 0.15) is 18.4 Å². The predicted octanol–water partition coefficient (Wildman–Crippen LogP) is 0.372. The molecule has 2 unspecified atom stereocenters. The van der Waals surface area contributed by atoms with E-state index in [4.69, 9.17) is 9.84 Å². The lowest BCUT2D eigenvalue weighted by Gasteiger charge is -2.35. The Hall–Kier alpha value is -3.65. The summed E-state index contributed by atoms with van der Waals surface area (Å²) in [6, 6.07) is 1.19. The lowest BCUT2D eigenvalue weighted by Crippen LogP contribution is -2.48. The van der Waals surface area contributed by atoms with E-state index < -0.39 is 43.0 Å². The second-order valence-electron chi connectivity index (χ2n) is 8.61. The summed E-state index contributed by atoms with van der Waals surface area (Å²) in [5, 5.41) is 23.1. The van der Waals surface area contributed by atoms with Crippen LogP contribution in [0.15, 0.2) is 24.5 Å². The maximum Gasteiger partial charge on any atom is 0.329 e. The van der Waals surface area contributed by atoms with Gasteiger partial charge in [-0.25, -0.2) is 28.5 Å². The van der Waals surface area contributed by atoms with Gasteiger partial charge in [0.05, 0.1) is 36.8 Å². The van der Waals surface area contributed by atoms with E-state index in [1.54, 1.807) is 6.07 Å². The second kappa shape index (κ2) is 8.85. The van der Waals surface area contributed by atoms with E-state index in [1.165, 1.54) is 23.4 Å². The topological polar surface area (TPSA) is 153 Å². The highest BCUT2D eigenvalue weighted by atomic mass is 19.3. The molecule has 186 valence electrons. The Bertz CT molecular complexity index is 1140. The van der Waals surface area contributed by atoms with Gasteiger partial charge in [0.25, 0.3) is 11.8 Å². The fourth-order valence-electron chi connectivity index (χ4n) is 4.06. The van der Waals surface area contributed by atoms with Crippen LogP contribution in [-0.4, -0.2) is 87.5 Å². The van der Waals surface area contributed by atoms with E-state index in [9.17, 15) is 23.5 Å². The molecule has 1 saturated heterocycles. The summed E-state index contributed by atoms with van der Waals surface area (Å²) in [5.74, 6) is -3.13. The first-order valence-electron chi connectivity index (χ1n) is 11.0. The van der Waals surface area contributed by atoms with Crippen LogP contribution < -0.4 is 25.2 Å². The fourth-order valence-corrected chi connectivity index (χ4v) is 4.06. The molecule has 2 fully saturated rings. The van der Waals surface area contributed by atoms with Crippen molar-refractivity contribution in [2.45, 2.75) is 37.0 Å². The highest BCUT2D eigenvalue weighted by Crippen LogP contribution is 2.42. The highest BCUT2D eigenvalue weighted by molar-refractivity contribution is 6.05. The number of aromatic nitrogens is 3. The Labute approximate surface area is 197 Å². The van der Waals surface area contributed by atoms with Gasteiger partial charge in [0.15, 0.2) is 11.6 Å². The molecule has 12 nitrogen and oxygen atoms in total. The number of aliphatic hydroxyl groups is 2. The third kappa shape index (κ3) is 4.66. The Morgan fingerprint density at radius 2 is 2.09 bits per heavy atom. The van der Waals surface area contributed by atoms with Crippen molar-refractivity contribution in [2.75, 3.05) is 41.4 Å². The average Bonchev–Trinajstić information content (AvgIpc) is 3.23. The van der Waals surface area contributed by atoms with E-state index in [0.29, 0.717) is 25.2 Å². The van der Waals surface area contributed by atoms with Crippen LogP contribution >= 0.6 is 0 Å². The molecule has 1 saturated carbocycles. The van der Waals surface area contributed by atoms with E-state index in [1.807, 2.05) is 0 Å². The van der Waals surface area contributed by atoms with E-state index in [2.05, 4.69) is 30.5 Å². The van der Waals surface area contributed by atoms with Crippen LogP contribution in [0.3, 0.4) is 0 Å².